The van der Waals surface area contributed by atoms with E-state index in [4.69, 9.17) is 4.74 Å². The third-order valence-corrected chi connectivity index (χ3v) is 4.73. The van der Waals surface area contributed by atoms with E-state index in [1.54, 1.807) is 10.9 Å². The second-order valence-corrected chi connectivity index (χ2v) is 6.74. The quantitative estimate of drug-likeness (QED) is 0.880. The SMILES string of the molecule is Cc1ccn(CCC(=O)N2CC[C@H](Oc3cccnc3C)[C@@H](O)CC2)n1. The number of aliphatic hydroxyl groups is 1. The first-order valence-electron chi connectivity index (χ1n) is 9.07. The van der Waals surface area contributed by atoms with Crippen molar-refractivity contribution < 1.29 is 14.6 Å². The fraction of sp³-hybridized carbons (Fsp3) is 0.526. The van der Waals surface area contributed by atoms with Gasteiger partial charge in [-0.15, -0.1) is 0 Å². The molecule has 1 saturated heterocycles. The summed E-state index contributed by atoms with van der Waals surface area (Å²) in [5.74, 6) is 0.772. The summed E-state index contributed by atoms with van der Waals surface area (Å²) in [6.45, 7) is 5.51. The summed E-state index contributed by atoms with van der Waals surface area (Å²) in [6, 6.07) is 5.60. The molecular formula is C19H26N4O3. The molecule has 2 aromatic heterocycles. The summed E-state index contributed by atoms with van der Waals surface area (Å²) in [5, 5.41) is 14.7. The van der Waals surface area contributed by atoms with Crippen LogP contribution in [0.5, 0.6) is 5.75 Å². The van der Waals surface area contributed by atoms with E-state index in [0.29, 0.717) is 44.6 Å². The van der Waals surface area contributed by atoms with Crippen LogP contribution in [0.3, 0.4) is 0 Å². The Labute approximate surface area is 153 Å². The third kappa shape index (κ3) is 4.60. The number of hydrogen-bond donors (Lipinski definition) is 1. The summed E-state index contributed by atoms with van der Waals surface area (Å²) in [6.07, 6.45) is 4.19. The fourth-order valence-corrected chi connectivity index (χ4v) is 3.16. The van der Waals surface area contributed by atoms with Crippen LogP contribution in [0.4, 0.5) is 0 Å². The molecule has 0 aromatic carbocycles. The Morgan fingerprint density at radius 1 is 1.31 bits per heavy atom. The van der Waals surface area contributed by atoms with E-state index in [2.05, 4.69) is 10.1 Å². The third-order valence-electron chi connectivity index (χ3n) is 4.73. The van der Waals surface area contributed by atoms with Gasteiger partial charge < -0.3 is 14.7 Å². The summed E-state index contributed by atoms with van der Waals surface area (Å²) >= 11 is 0. The molecule has 2 aromatic rings. The molecule has 1 aliphatic heterocycles. The Kier molecular flexibility index (Phi) is 5.88. The molecule has 0 radical (unpaired) electrons. The highest BCUT2D eigenvalue weighted by Gasteiger charge is 2.28. The van der Waals surface area contributed by atoms with Crippen molar-refractivity contribution in [2.75, 3.05) is 13.1 Å². The van der Waals surface area contributed by atoms with Gasteiger partial charge in [-0.2, -0.15) is 5.10 Å². The van der Waals surface area contributed by atoms with Crippen LogP contribution in [-0.2, 0) is 11.3 Å². The number of carbonyl (C=O) groups excluding carboxylic acids is 1. The van der Waals surface area contributed by atoms with Gasteiger partial charge in [-0.3, -0.25) is 14.5 Å². The molecule has 140 valence electrons. The van der Waals surface area contributed by atoms with E-state index in [9.17, 15) is 9.90 Å². The highest BCUT2D eigenvalue weighted by Crippen LogP contribution is 2.22. The molecule has 1 N–H and O–H groups in total. The minimum atomic E-state index is -0.596. The van der Waals surface area contributed by atoms with Crippen LogP contribution < -0.4 is 4.74 Å². The molecule has 7 heteroatoms. The largest absolute Gasteiger partial charge is 0.486 e. The van der Waals surface area contributed by atoms with Crippen molar-refractivity contribution in [1.29, 1.82) is 0 Å². The smallest absolute Gasteiger partial charge is 0.224 e. The normalized spacial score (nSPS) is 20.7. The number of aromatic nitrogens is 3. The molecule has 26 heavy (non-hydrogen) atoms. The summed E-state index contributed by atoms with van der Waals surface area (Å²) in [5.41, 5.74) is 1.74. The molecule has 1 aliphatic rings. The van der Waals surface area contributed by atoms with E-state index in [-0.39, 0.29) is 12.0 Å². The first kappa shape index (κ1) is 18.4. The molecule has 7 nitrogen and oxygen atoms in total. The summed E-state index contributed by atoms with van der Waals surface area (Å²) < 4.78 is 7.76. The maximum atomic E-state index is 12.5. The van der Waals surface area contributed by atoms with E-state index in [0.717, 1.165) is 11.4 Å². The second kappa shape index (κ2) is 8.31. The van der Waals surface area contributed by atoms with Gasteiger partial charge in [0, 0.05) is 44.9 Å². The van der Waals surface area contributed by atoms with Gasteiger partial charge in [-0.25, -0.2) is 0 Å². The molecule has 3 rings (SSSR count). The molecular weight excluding hydrogens is 332 g/mol. The molecule has 3 heterocycles. The van der Waals surface area contributed by atoms with Crippen molar-refractivity contribution in [3.05, 3.63) is 42.0 Å². The highest BCUT2D eigenvalue weighted by molar-refractivity contribution is 5.76. The molecule has 1 fully saturated rings. The van der Waals surface area contributed by atoms with Crippen LogP contribution in [0.1, 0.15) is 30.7 Å². The minimum Gasteiger partial charge on any atom is -0.486 e. The maximum absolute atomic E-state index is 12.5. The van der Waals surface area contributed by atoms with Gasteiger partial charge in [-0.05, 0) is 38.5 Å². The van der Waals surface area contributed by atoms with Gasteiger partial charge >= 0.3 is 0 Å². The van der Waals surface area contributed by atoms with Gasteiger partial charge in [0.1, 0.15) is 11.9 Å². The van der Waals surface area contributed by atoms with Gasteiger partial charge in [-0.1, -0.05) is 0 Å². The summed E-state index contributed by atoms with van der Waals surface area (Å²) in [4.78, 5) is 18.5. The topological polar surface area (TPSA) is 80.5 Å². The zero-order chi connectivity index (χ0) is 18.5. The lowest BCUT2D eigenvalue weighted by molar-refractivity contribution is -0.131. The number of nitrogens with zero attached hydrogens (tertiary/aromatic N) is 4. The van der Waals surface area contributed by atoms with Crippen molar-refractivity contribution in [2.24, 2.45) is 0 Å². The van der Waals surface area contributed by atoms with Crippen LogP contribution in [0.15, 0.2) is 30.6 Å². The fourth-order valence-electron chi connectivity index (χ4n) is 3.16. The van der Waals surface area contributed by atoms with Crippen LogP contribution in [-0.4, -0.2) is 56.0 Å². The standard InChI is InChI=1S/C19H26N4O3/c1-14-5-12-23(21-14)13-8-19(25)22-10-6-16(24)18(7-11-22)26-17-4-3-9-20-15(17)2/h3-5,9,12,16,18,24H,6-8,10-11,13H2,1-2H3/t16-,18-/m0/s1. The molecule has 0 unspecified atom stereocenters. The van der Waals surface area contributed by atoms with E-state index >= 15 is 0 Å². The lowest BCUT2D eigenvalue weighted by atomic mass is 10.1. The summed E-state index contributed by atoms with van der Waals surface area (Å²) in [7, 11) is 0. The average molecular weight is 358 g/mol. The van der Waals surface area contributed by atoms with Crippen molar-refractivity contribution >= 4 is 5.91 Å². The lowest BCUT2D eigenvalue weighted by Gasteiger charge is -2.22. The predicted molar refractivity (Wildman–Crippen MR) is 96.8 cm³/mol. The Morgan fingerprint density at radius 2 is 2.12 bits per heavy atom. The van der Waals surface area contributed by atoms with Crippen molar-refractivity contribution in [2.45, 2.75) is 51.9 Å². The average Bonchev–Trinajstić information content (AvgIpc) is 2.96. The van der Waals surface area contributed by atoms with Crippen LogP contribution >= 0.6 is 0 Å². The van der Waals surface area contributed by atoms with Crippen LogP contribution in [0.2, 0.25) is 0 Å². The zero-order valence-corrected chi connectivity index (χ0v) is 15.3. The number of carbonyl (C=O) groups is 1. The van der Waals surface area contributed by atoms with Crippen molar-refractivity contribution in [3.8, 4) is 5.75 Å². The van der Waals surface area contributed by atoms with Gasteiger partial charge in [0.15, 0.2) is 0 Å². The molecule has 2 atom stereocenters. The number of likely N-dealkylation sites (tertiary alicyclic amines) is 1. The van der Waals surface area contributed by atoms with E-state index in [1.165, 1.54) is 0 Å². The zero-order valence-electron chi connectivity index (χ0n) is 15.3. The number of aryl methyl sites for hydroxylation is 3. The number of pyridine rings is 1. The lowest BCUT2D eigenvalue weighted by Crippen LogP contribution is -2.33. The van der Waals surface area contributed by atoms with Gasteiger partial charge in [0.05, 0.1) is 17.5 Å². The number of aliphatic hydroxyl groups excluding tert-OH is 1. The Morgan fingerprint density at radius 3 is 2.85 bits per heavy atom. The van der Waals surface area contributed by atoms with Crippen molar-refractivity contribution in [3.63, 3.8) is 0 Å². The van der Waals surface area contributed by atoms with Crippen LogP contribution in [0.25, 0.3) is 0 Å². The first-order valence-corrected chi connectivity index (χ1v) is 9.07. The second-order valence-electron chi connectivity index (χ2n) is 6.74. The Hall–Kier alpha value is -2.41. The van der Waals surface area contributed by atoms with E-state index < -0.39 is 6.10 Å². The molecule has 1 amide bonds. The number of ether oxygens (including phenoxy) is 1. The molecule has 0 bridgehead atoms. The maximum Gasteiger partial charge on any atom is 0.224 e. The van der Waals surface area contributed by atoms with Gasteiger partial charge in [0.2, 0.25) is 5.91 Å². The first-order chi connectivity index (χ1) is 12.5. The number of hydrogen-bond acceptors (Lipinski definition) is 5. The Balaban J connectivity index is 1.54. The molecule has 0 saturated carbocycles. The van der Waals surface area contributed by atoms with Crippen LogP contribution in [0, 0.1) is 13.8 Å². The molecule has 0 aliphatic carbocycles. The Bertz CT molecular complexity index is 746. The van der Waals surface area contributed by atoms with Crippen molar-refractivity contribution in [1.82, 2.24) is 19.7 Å². The number of rotatable bonds is 5. The number of amides is 1. The van der Waals surface area contributed by atoms with Gasteiger partial charge in [0.25, 0.3) is 0 Å². The highest BCUT2D eigenvalue weighted by atomic mass is 16.5. The monoisotopic (exact) mass is 358 g/mol. The minimum absolute atomic E-state index is 0.0866. The van der Waals surface area contributed by atoms with E-state index in [1.807, 2.05) is 43.1 Å². The predicted octanol–water partition coefficient (Wildman–Crippen LogP) is 1.72. The molecule has 0 spiro atoms.